The van der Waals surface area contributed by atoms with E-state index in [9.17, 15) is 4.79 Å². The van der Waals surface area contributed by atoms with Gasteiger partial charge >= 0.3 is 5.97 Å². The van der Waals surface area contributed by atoms with E-state index in [0.717, 1.165) is 24.9 Å². The zero-order chi connectivity index (χ0) is 20.8. The fourth-order valence-corrected chi connectivity index (χ4v) is 4.51. The first-order valence-corrected chi connectivity index (χ1v) is 10.8. The first-order chi connectivity index (χ1) is 14.7. The van der Waals surface area contributed by atoms with Crippen LogP contribution in [0, 0.1) is 5.92 Å². The van der Waals surface area contributed by atoms with Gasteiger partial charge in [-0.25, -0.2) is 0 Å². The minimum atomic E-state index is -0.232. The van der Waals surface area contributed by atoms with Gasteiger partial charge in [-0.05, 0) is 48.9 Å². The van der Waals surface area contributed by atoms with Crippen LogP contribution in [-0.2, 0) is 22.6 Å². The third-order valence-corrected chi connectivity index (χ3v) is 6.15. The van der Waals surface area contributed by atoms with Crippen molar-refractivity contribution in [3.8, 4) is 0 Å². The summed E-state index contributed by atoms with van der Waals surface area (Å²) < 4.78 is 5.82. The quantitative estimate of drug-likeness (QED) is 0.497. The molecule has 1 saturated heterocycles. The van der Waals surface area contributed by atoms with Gasteiger partial charge in [-0.1, -0.05) is 91.0 Å². The van der Waals surface area contributed by atoms with E-state index in [2.05, 4.69) is 60.4 Å². The highest BCUT2D eigenvalue weighted by Crippen LogP contribution is 2.35. The van der Waals surface area contributed by atoms with Crippen LogP contribution in [0.3, 0.4) is 0 Å². The van der Waals surface area contributed by atoms with Crippen LogP contribution in [0.1, 0.15) is 36.1 Å². The van der Waals surface area contributed by atoms with Gasteiger partial charge < -0.3 is 4.74 Å². The van der Waals surface area contributed by atoms with E-state index >= 15 is 0 Å². The molecule has 0 bridgehead atoms. The normalized spacial score (nSPS) is 20.0. The van der Waals surface area contributed by atoms with Crippen LogP contribution in [0.15, 0.2) is 91.0 Å². The zero-order valence-corrected chi connectivity index (χ0v) is 17.5. The molecule has 3 heteroatoms. The smallest absolute Gasteiger partial charge is 0.324 e. The Morgan fingerprint density at radius 2 is 1.47 bits per heavy atom. The molecule has 0 unspecified atom stereocenters. The second kappa shape index (κ2) is 9.73. The molecule has 0 amide bonds. The molecule has 3 aromatic rings. The topological polar surface area (TPSA) is 29.5 Å². The zero-order valence-electron chi connectivity index (χ0n) is 17.5. The number of benzene rings is 3. The molecule has 30 heavy (non-hydrogen) atoms. The Morgan fingerprint density at radius 3 is 2.10 bits per heavy atom. The number of esters is 1. The highest BCUT2D eigenvalue weighted by atomic mass is 16.5. The summed E-state index contributed by atoms with van der Waals surface area (Å²) >= 11 is 0. The highest BCUT2D eigenvalue weighted by Gasteiger charge is 2.42. The summed E-state index contributed by atoms with van der Waals surface area (Å²) in [6.07, 6.45) is 1.89. The minimum Gasteiger partial charge on any atom is -0.460 e. The van der Waals surface area contributed by atoms with Crippen molar-refractivity contribution in [2.24, 2.45) is 5.92 Å². The van der Waals surface area contributed by atoms with Gasteiger partial charge in [0.1, 0.15) is 12.6 Å². The Bertz CT molecular complexity index is 927. The van der Waals surface area contributed by atoms with E-state index in [1.807, 2.05) is 42.5 Å². The number of rotatable bonds is 7. The van der Waals surface area contributed by atoms with Gasteiger partial charge in [0, 0.05) is 6.04 Å². The van der Waals surface area contributed by atoms with Crippen molar-refractivity contribution in [3.63, 3.8) is 0 Å². The molecule has 0 aliphatic carbocycles. The molecule has 3 nitrogen and oxygen atoms in total. The van der Waals surface area contributed by atoms with Crippen molar-refractivity contribution in [2.75, 3.05) is 6.54 Å². The number of ether oxygens (including phenoxy) is 1. The number of carbonyl (C=O) groups is 1. The van der Waals surface area contributed by atoms with E-state index in [0.29, 0.717) is 6.61 Å². The summed E-state index contributed by atoms with van der Waals surface area (Å²) in [7, 11) is 0. The van der Waals surface area contributed by atoms with Crippen molar-refractivity contribution in [1.82, 2.24) is 4.90 Å². The maximum Gasteiger partial charge on any atom is 0.324 e. The molecule has 3 atom stereocenters. The molecule has 0 radical (unpaired) electrons. The van der Waals surface area contributed by atoms with E-state index in [1.54, 1.807) is 0 Å². The van der Waals surface area contributed by atoms with Gasteiger partial charge in [0.25, 0.3) is 0 Å². The lowest BCUT2D eigenvalue weighted by Gasteiger charge is -2.32. The number of carbonyl (C=O) groups excluding carboxylic acids is 1. The van der Waals surface area contributed by atoms with Crippen molar-refractivity contribution < 1.29 is 9.53 Å². The van der Waals surface area contributed by atoms with Crippen molar-refractivity contribution >= 4 is 5.97 Å². The Hall–Kier alpha value is -2.91. The van der Waals surface area contributed by atoms with E-state index < -0.39 is 0 Å². The second-order valence-electron chi connectivity index (χ2n) is 8.10. The summed E-state index contributed by atoms with van der Waals surface area (Å²) in [5, 5.41) is 0. The van der Waals surface area contributed by atoms with E-state index in [4.69, 9.17) is 4.74 Å². The standard InChI is InChI=1S/C27H29NO2/c1-21(24-15-9-4-10-16-24)28-18-17-25(19-22-11-5-2-6-12-22)26(28)27(29)30-20-23-13-7-3-8-14-23/h2-16,21,25-26H,17-20H2,1H3/t21-,25-,26-/m0/s1. The largest absolute Gasteiger partial charge is 0.460 e. The second-order valence-corrected chi connectivity index (χ2v) is 8.10. The third kappa shape index (κ3) is 4.80. The maximum absolute atomic E-state index is 13.3. The van der Waals surface area contributed by atoms with Gasteiger partial charge in [0.05, 0.1) is 0 Å². The Labute approximate surface area is 179 Å². The monoisotopic (exact) mass is 399 g/mol. The predicted octanol–water partition coefficient (Wildman–Crippen LogP) is 5.42. The van der Waals surface area contributed by atoms with Crippen molar-refractivity contribution in [3.05, 3.63) is 108 Å². The van der Waals surface area contributed by atoms with Crippen LogP contribution >= 0.6 is 0 Å². The molecule has 0 aromatic heterocycles. The Kier molecular flexibility index (Phi) is 6.60. The lowest BCUT2D eigenvalue weighted by atomic mass is 9.92. The van der Waals surface area contributed by atoms with Crippen LogP contribution in [0.4, 0.5) is 0 Å². The van der Waals surface area contributed by atoms with Gasteiger partial charge in [0.2, 0.25) is 0 Å². The van der Waals surface area contributed by atoms with Gasteiger partial charge in [-0.3, -0.25) is 9.69 Å². The highest BCUT2D eigenvalue weighted by molar-refractivity contribution is 5.77. The third-order valence-electron chi connectivity index (χ3n) is 6.15. The Morgan fingerprint density at radius 1 is 0.900 bits per heavy atom. The average Bonchev–Trinajstić information content (AvgIpc) is 3.22. The lowest BCUT2D eigenvalue weighted by molar-refractivity contribution is -0.152. The molecule has 1 aliphatic heterocycles. The SMILES string of the molecule is C[C@@H](c1ccccc1)N1CC[C@@H](Cc2ccccc2)[C@H]1C(=O)OCc1ccccc1. The van der Waals surface area contributed by atoms with Crippen LogP contribution < -0.4 is 0 Å². The van der Waals surface area contributed by atoms with Crippen molar-refractivity contribution in [2.45, 2.75) is 38.5 Å². The molecule has 1 heterocycles. The first kappa shape index (κ1) is 20.4. The molecule has 0 spiro atoms. The van der Waals surface area contributed by atoms with Gasteiger partial charge in [0.15, 0.2) is 0 Å². The van der Waals surface area contributed by atoms with Gasteiger partial charge in [-0.15, -0.1) is 0 Å². The van der Waals surface area contributed by atoms with E-state index in [1.165, 1.54) is 11.1 Å². The predicted molar refractivity (Wildman–Crippen MR) is 120 cm³/mol. The summed E-state index contributed by atoms with van der Waals surface area (Å²) in [5.74, 6) is 0.141. The number of hydrogen-bond donors (Lipinski definition) is 0. The maximum atomic E-state index is 13.3. The van der Waals surface area contributed by atoms with Crippen LogP contribution in [0.5, 0.6) is 0 Å². The molecular formula is C27H29NO2. The molecule has 0 N–H and O–H groups in total. The molecular weight excluding hydrogens is 370 g/mol. The fraction of sp³-hybridized carbons (Fsp3) is 0.296. The molecule has 1 fully saturated rings. The lowest BCUT2D eigenvalue weighted by Crippen LogP contribution is -2.42. The first-order valence-electron chi connectivity index (χ1n) is 10.8. The summed E-state index contributed by atoms with van der Waals surface area (Å²) in [4.78, 5) is 15.6. The summed E-state index contributed by atoms with van der Waals surface area (Å²) in [6, 6.07) is 30.7. The Balaban J connectivity index is 1.53. The molecule has 0 saturated carbocycles. The van der Waals surface area contributed by atoms with Crippen LogP contribution in [0.25, 0.3) is 0 Å². The molecule has 4 rings (SSSR count). The molecule has 154 valence electrons. The number of nitrogens with zero attached hydrogens (tertiary/aromatic N) is 1. The molecule has 1 aliphatic rings. The minimum absolute atomic E-state index is 0.111. The summed E-state index contributed by atoms with van der Waals surface area (Å²) in [5.41, 5.74) is 3.53. The molecule has 3 aromatic carbocycles. The number of likely N-dealkylation sites (tertiary alicyclic amines) is 1. The summed E-state index contributed by atoms with van der Waals surface area (Å²) in [6.45, 7) is 3.41. The fourth-order valence-electron chi connectivity index (χ4n) is 4.51. The van der Waals surface area contributed by atoms with E-state index in [-0.39, 0.29) is 24.0 Å². The van der Waals surface area contributed by atoms with Crippen molar-refractivity contribution in [1.29, 1.82) is 0 Å². The van der Waals surface area contributed by atoms with Crippen LogP contribution in [-0.4, -0.2) is 23.5 Å². The average molecular weight is 400 g/mol. The van der Waals surface area contributed by atoms with Crippen LogP contribution in [0.2, 0.25) is 0 Å². The van der Waals surface area contributed by atoms with Gasteiger partial charge in [-0.2, -0.15) is 0 Å². The number of hydrogen-bond acceptors (Lipinski definition) is 3.